The van der Waals surface area contributed by atoms with E-state index in [2.05, 4.69) is 24.0 Å². The minimum absolute atomic E-state index is 0.0116. The Morgan fingerprint density at radius 3 is 2.28 bits per heavy atom. The second-order valence-corrected chi connectivity index (χ2v) is 9.60. The lowest BCUT2D eigenvalue weighted by Gasteiger charge is -2.36. The summed E-state index contributed by atoms with van der Waals surface area (Å²) in [5.41, 5.74) is 1.90. The van der Waals surface area contributed by atoms with E-state index >= 15 is 0 Å². The summed E-state index contributed by atoms with van der Waals surface area (Å²) >= 11 is 6.95. The Bertz CT molecular complexity index is 1140. The monoisotopic (exact) mass is 469 g/mol. The van der Waals surface area contributed by atoms with E-state index in [0.29, 0.717) is 48.3 Å². The molecule has 1 aromatic carbocycles. The van der Waals surface area contributed by atoms with Crippen LogP contribution in [0.4, 0.5) is 0 Å². The summed E-state index contributed by atoms with van der Waals surface area (Å²) in [7, 11) is 0. The van der Waals surface area contributed by atoms with Crippen molar-refractivity contribution in [1.29, 1.82) is 0 Å². The number of piperazine rings is 1. The smallest absolute Gasteiger partial charge is 0.253 e. The molecule has 1 saturated heterocycles. The molecule has 2 amide bonds. The highest BCUT2D eigenvalue weighted by molar-refractivity contribution is 7.71. The van der Waals surface area contributed by atoms with Crippen molar-refractivity contribution in [2.45, 2.75) is 32.7 Å². The van der Waals surface area contributed by atoms with E-state index in [4.69, 9.17) is 12.2 Å². The van der Waals surface area contributed by atoms with Gasteiger partial charge in [-0.1, -0.05) is 32.0 Å². The number of rotatable bonds is 5. The number of aromatic amines is 1. The third-order valence-corrected chi connectivity index (χ3v) is 7.05. The van der Waals surface area contributed by atoms with E-state index in [1.165, 1.54) is 5.56 Å². The molecule has 1 atom stereocenters. The number of nitrogens with zero attached hydrogens (tertiary/aromatic N) is 4. The van der Waals surface area contributed by atoms with Crippen LogP contribution < -0.4 is 0 Å². The second kappa shape index (κ2) is 9.38. The molecule has 2 aromatic heterocycles. The van der Waals surface area contributed by atoms with Gasteiger partial charge < -0.3 is 9.80 Å². The molecule has 9 heteroatoms. The topological polar surface area (TPSA) is 74.2 Å². The Morgan fingerprint density at radius 1 is 1.03 bits per heavy atom. The number of hydrogen-bond donors (Lipinski definition) is 1. The normalized spacial score (nSPS) is 15.2. The van der Waals surface area contributed by atoms with Crippen molar-refractivity contribution < 1.29 is 9.59 Å². The predicted molar refractivity (Wildman–Crippen MR) is 128 cm³/mol. The molecule has 1 unspecified atom stereocenters. The van der Waals surface area contributed by atoms with Crippen molar-refractivity contribution in [3.05, 3.63) is 57.7 Å². The quantitative estimate of drug-likeness (QED) is 0.564. The Labute approximate surface area is 196 Å². The largest absolute Gasteiger partial charge is 0.337 e. The van der Waals surface area contributed by atoms with Crippen molar-refractivity contribution >= 4 is 35.4 Å². The molecule has 1 aliphatic heterocycles. The van der Waals surface area contributed by atoms with E-state index in [0.717, 1.165) is 4.88 Å². The Kier molecular flexibility index (Phi) is 6.57. The third-order valence-electron chi connectivity index (χ3n) is 5.89. The van der Waals surface area contributed by atoms with Gasteiger partial charge in [0.2, 0.25) is 5.91 Å². The molecule has 7 nitrogen and oxygen atoms in total. The summed E-state index contributed by atoms with van der Waals surface area (Å²) in [5, 5.41) is 9.11. The maximum absolute atomic E-state index is 13.2. The second-order valence-electron chi connectivity index (χ2n) is 8.27. The lowest BCUT2D eigenvalue weighted by molar-refractivity contribution is -0.135. The van der Waals surface area contributed by atoms with Gasteiger partial charge >= 0.3 is 0 Å². The Morgan fingerprint density at radius 2 is 1.69 bits per heavy atom. The molecular formula is C23H27N5O2S2. The number of hydrogen-bond acceptors (Lipinski definition) is 5. The van der Waals surface area contributed by atoms with Crippen LogP contribution in [0.5, 0.6) is 0 Å². The van der Waals surface area contributed by atoms with Crippen molar-refractivity contribution in [3.63, 3.8) is 0 Å². The summed E-state index contributed by atoms with van der Waals surface area (Å²) in [5.74, 6) is 1.09. The lowest BCUT2D eigenvalue weighted by atomic mass is 10.0. The zero-order valence-electron chi connectivity index (χ0n) is 18.4. The maximum atomic E-state index is 13.2. The average Bonchev–Trinajstić information content (AvgIpc) is 3.47. The van der Waals surface area contributed by atoms with E-state index < -0.39 is 6.04 Å². The SMILES string of the molecule is CC(C)c1ccc(C(=O)N2CCN(C(=O)C(C)n3c(-c4cccs4)n[nH]c3=S)CC2)cc1. The van der Waals surface area contributed by atoms with E-state index in [1.807, 2.05) is 58.5 Å². The van der Waals surface area contributed by atoms with Gasteiger partial charge in [-0.25, -0.2) is 0 Å². The summed E-state index contributed by atoms with van der Waals surface area (Å²) in [6, 6.07) is 11.2. The van der Waals surface area contributed by atoms with Crippen LogP contribution in [-0.2, 0) is 4.79 Å². The van der Waals surface area contributed by atoms with E-state index in [9.17, 15) is 9.59 Å². The fraction of sp³-hybridized carbons (Fsp3) is 0.391. The fourth-order valence-corrected chi connectivity index (χ4v) is 4.94. The number of benzene rings is 1. The standard InChI is InChI=1S/C23H27N5O2S2/c1-15(2)17-6-8-18(9-7-17)22(30)27-12-10-26(11-13-27)21(29)16(3)28-20(24-25-23(28)31)19-5-4-14-32-19/h4-9,14-16H,10-13H2,1-3H3,(H,25,31). The van der Waals surface area contributed by atoms with Gasteiger partial charge in [-0.15, -0.1) is 11.3 Å². The molecule has 0 spiro atoms. The summed E-state index contributed by atoms with van der Waals surface area (Å²) in [4.78, 5) is 30.7. The fourth-order valence-electron chi connectivity index (χ4n) is 3.94. The molecule has 1 aliphatic rings. The first kappa shape index (κ1) is 22.4. The van der Waals surface area contributed by atoms with Crippen LogP contribution in [0.15, 0.2) is 41.8 Å². The first-order valence-electron chi connectivity index (χ1n) is 10.8. The van der Waals surface area contributed by atoms with Crippen LogP contribution in [0.3, 0.4) is 0 Å². The molecule has 4 rings (SSSR count). The molecule has 3 aromatic rings. The van der Waals surface area contributed by atoms with Crippen LogP contribution in [0.25, 0.3) is 10.7 Å². The number of carbonyl (C=O) groups excluding carboxylic acids is 2. The minimum atomic E-state index is -0.482. The van der Waals surface area contributed by atoms with Crippen LogP contribution in [0, 0.1) is 4.77 Å². The van der Waals surface area contributed by atoms with Crippen LogP contribution in [-0.4, -0.2) is 62.6 Å². The molecule has 0 saturated carbocycles. The maximum Gasteiger partial charge on any atom is 0.253 e. The molecule has 3 heterocycles. The van der Waals surface area contributed by atoms with Gasteiger partial charge in [0.1, 0.15) is 6.04 Å². The Hall–Kier alpha value is -2.78. The van der Waals surface area contributed by atoms with Crippen molar-refractivity contribution in [2.24, 2.45) is 0 Å². The van der Waals surface area contributed by atoms with Gasteiger partial charge in [-0.3, -0.25) is 19.3 Å². The van der Waals surface area contributed by atoms with Crippen LogP contribution in [0.1, 0.15) is 48.7 Å². The lowest BCUT2D eigenvalue weighted by Crippen LogP contribution is -2.52. The first-order chi connectivity index (χ1) is 15.4. The van der Waals surface area contributed by atoms with Crippen molar-refractivity contribution in [3.8, 4) is 10.7 Å². The summed E-state index contributed by atoms with van der Waals surface area (Å²) in [6.07, 6.45) is 0. The molecule has 0 radical (unpaired) electrons. The van der Waals surface area contributed by atoms with E-state index in [-0.39, 0.29) is 11.8 Å². The number of H-pyrrole nitrogens is 1. The van der Waals surface area contributed by atoms with Gasteiger partial charge in [0.25, 0.3) is 5.91 Å². The van der Waals surface area contributed by atoms with Crippen molar-refractivity contribution in [1.82, 2.24) is 24.6 Å². The molecule has 0 bridgehead atoms. The van der Waals surface area contributed by atoms with Crippen molar-refractivity contribution in [2.75, 3.05) is 26.2 Å². The summed E-state index contributed by atoms with van der Waals surface area (Å²) in [6.45, 7) is 8.13. The number of thiophene rings is 1. The summed E-state index contributed by atoms with van der Waals surface area (Å²) < 4.78 is 2.20. The molecule has 1 fully saturated rings. The van der Waals surface area contributed by atoms with Crippen LogP contribution >= 0.6 is 23.6 Å². The van der Waals surface area contributed by atoms with Gasteiger partial charge in [-0.05, 0) is 54.2 Å². The Balaban J connectivity index is 1.41. The zero-order valence-corrected chi connectivity index (χ0v) is 20.1. The predicted octanol–water partition coefficient (Wildman–Crippen LogP) is 4.34. The van der Waals surface area contributed by atoms with Gasteiger partial charge in [0.15, 0.2) is 10.6 Å². The minimum Gasteiger partial charge on any atom is -0.337 e. The van der Waals surface area contributed by atoms with Gasteiger partial charge in [-0.2, -0.15) is 5.10 Å². The molecular weight excluding hydrogens is 442 g/mol. The van der Waals surface area contributed by atoms with Gasteiger partial charge in [0, 0.05) is 31.7 Å². The van der Waals surface area contributed by atoms with E-state index in [1.54, 1.807) is 15.9 Å². The zero-order chi connectivity index (χ0) is 22.8. The average molecular weight is 470 g/mol. The number of aromatic nitrogens is 3. The highest BCUT2D eigenvalue weighted by atomic mass is 32.1. The van der Waals surface area contributed by atoms with Crippen LogP contribution in [0.2, 0.25) is 0 Å². The first-order valence-corrected chi connectivity index (χ1v) is 12.0. The molecule has 32 heavy (non-hydrogen) atoms. The highest BCUT2D eigenvalue weighted by Gasteiger charge is 2.30. The number of nitrogens with one attached hydrogen (secondary N) is 1. The molecule has 1 N–H and O–H groups in total. The number of amides is 2. The third kappa shape index (κ3) is 4.40. The highest BCUT2D eigenvalue weighted by Crippen LogP contribution is 2.26. The molecule has 0 aliphatic carbocycles. The number of carbonyl (C=O) groups is 2. The molecule has 168 valence electrons. The van der Waals surface area contributed by atoms with Gasteiger partial charge in [0.05, 0.1) is 4.88 Å².